The molecule has 5 heteroatoms. The number of nitrogens with two attached hydrogens (primary N) is 1. The van der Waals surface area contributed by atoms with Gasteiger partial charge in [0.15, 0.2) is 0 Å². The second kappa shape index (κ2) is 5.42. The molecule has 2 saturated heterocycles. The topological polar surface area (TPSA) is 61.6 Å². The van der Waals surface area contributed by atoms with Crippen LogP contribution in [0.15, 0.2) is 18.2 Å². The first kappa shape index (κ1) is 13.4. The number of anilines is 1. The summed E-state index contributed by atoms with van der Waals surface area (Å²) in [6.07, 6.45) is 2.46. The van der Waals surface area contributed by atoms with Gasteiger partial charge in [0.1, 0.15) is 0 Å². The molecule has 3 N–H and O–H groups in total. The van der Waals surface area contributed by atoms with Crippen LogP contribution >= 0.6 is 0 Å². The number of aryl methyl sites for hydroxylation is 1. The molecule has 0 saturated carbocycles. The molecule has 0 aliphatic carbocycles. The predicted molar refractivity (Wildman–Crippen MR) is 79.5 cm³/mol. The summed E-state index contributed by atoms with van der Waals surface area (Å²) < 4.78 is 0. The lowest BCUT2D eigenvalue weighted by Gasteiger charge is -2.37. The number of fused-ring (bicyclic) bond motifs is 1. The van der Waals surface area contributed by atoms with E-state index in [1.54, 1.807) is 0 Å². The Morgan fingerprint density at radius 2 is 2.20 bits per heavy atom. The van der Waals surface area contributed by atoms with Crippen molar-refractivity contribution in [3.05, 3.63) is 29.3 Å². The van der Waals surface area contributed by atoms with Crippen molar-refractivity contribution in [1.29, 1.82) is 0 Å². The summed E-state index contributed by atoms with van der Waals surface area (Å²) in [4.78, 5) is 17.2. The highest BCUT2D eigenvalue weighted by Gasteiger charge is 2.33. The standard InChI is InChI=1S/C15H22N4O/c1-11-4-5-14(17-16)13(9-11)15(20)19-8-7-18-6-2-3-12(18)10-19/h4-5,9,12,17H,2-3,6-8,10,16H2,1H3. The summed E-state index contributed by atoms with van der Waals surface area (Å²) in [7, 11) is 0. The molecule has 1 amide bonds. The van der Waals surface area contributed by atoms with Crippen LogP contribution in [-0.2, 0) is 0 Å². The maximum absolute atomic E-state index is 12.7. The largest absolute Gasteiger partial charge is 0.336 e. The van der Waals surface area contributed by atoms with Gasteiger partial charge in [0.2, 0.25) is 0 Å². The quantitative estimate of drug-likeness (QED) is 0.628. The van der Waals surface area contributed by atoms with Gasteiger partial charge in [0.05, 0.1) is 11.3 Å². The molecule has 0 bridgehead atoms. The lowest BCUT2D eigenvalue weighted by atomic mass is 10.1. The molecule has 0 radical (unpaired) electrons. The van der Waals surface area contributed by atoms with E-state index in [2.05, 4.69) is 10.3 Å². The number of amides is 1. The van der Waals surface area contributed by atoms with Gasteiger partial charge in [-0.2, -0.15) is 0 Å². The number of nitrogens with one attached hydrogen (secondary N) is 1. The smallest absolute Gasteiger partial charge is 0.256 e. The minimum Gasteiger partial charge on any atom is -0.336 e. The van der Waals surface area contributed by atoms with Crippen LogP contribution in [0.25, 0.3) is 0 Å². The van der Waals surface area contributed by atoms with E-state index >= 15 is 0 Å². The Labute approximate surface area is 119 Å². The molecule has 2 aliphatic rings. The van der Waals surface area contributed by atoms with Crippen LogP contribution in [0.3, 0.4) is 0 Å². The van der Waals surface area contributed by atoms with Crippen molar-refractivity contribution < 1.29 is 4.79 Å². The number of piperazine rings is 1. The molecule has 1 unspecified atom stereocenters. The van der Waals surface area contributed by atoms with E-state index in [1.807, 2.05) is 30.0 Å². The number of rotatable bonds is 2. The molecular formula is C15H22N4O. The number of nitrogen functional groups attached to an aromatic ring is 1. The van der Waals surface area contributed by atoms with Crippen molar-refractivity contribution in [2.75, 3.05) is 31.6 Å². The minimum atomic E-state index is 0.0909. The van der Waals surface area contributed by atoms with Crippen LogP contribution in [0.4, 0.5) is 5.69 Å². The first-order valence-electron chi connectivity index (χ1n) is 7.29. The summed E-state index contributed by atoms with van der Waals surface area (Å²) in [5.74, 6) is 5.62. The fourth-order valence-corrected chi connectivity index (χ4v) is 3.31. The molecule has 5 nitrogen and oxygen atoms in total. The van der Waals surface area contributed by atoms with E-state index in [4.69, 9.17) is 5.84 Å². The van der Waals surface area contributed by atoms with Crippen LogP contribution in [0.1, 0.15) is 28.8 Å². The molecule has 2 fully saturated rings. The van der Waals surface area contributed by atoms with Gasteiger partial charge in [-0.1, -0.05) is 11.6 Å². The highest BCUT2D eigenvalue weighted by molar-refractivity contribution is 5.99. The number of hydrogen-bond donors (Lipinski definition) is 2. The molecule has 20 heavy (non-hydrogen) atoms. The first-order valence-corrected chi connectivity index (χ1v) is 7.29. The summed E-state index contributed by atoms with van der Waals surface area (Å²) in [5, 5.41) is 0. The normalized spacial score (nSPS) is 22.7. The summed E-state index contributed by atoms with van der Waals surface area (Å²) in [6.45, 7) is 5.83. The average Bonchev–Trinajstić information content (AvgIpc) is 2.93. The van der Waals surface area contributed by atoms with Crippen molar-refractivity contribution >= 4 is 11.6 Å². The van der Waals surface area contributed by atoms with E-state index in [0.29, 0.717) is 17.3 Å². The second-order valence-corrected chi connectivity index (χ2v) is 5.78. The van der Waals surface area contributed by atoms with Crippen molar-refractivity contribution in [2.24, 2.45) is 5.84 Å². The predicted octanol–water partition coefficient (Wildman–Crippen LogP) is 1.20. The van der Waals surface area contributed by atoms with Gasteiger partial charge in [0, 0.05) is 25.7 Å². The third kappa shape index (κ3) is 2.39. The van der Waals surface area contributed by atoms with E-state index in [-0.39, 0.29) is 5.91 Å². The molecular weight excluding hydrogens is 252 g/mol. The molecule has 1 atom stereocenters. The lowest BCUT2D eigenvalue weighted by Crippen LogP contribution is -2.52. The molecule has 1 aromatic carbocycles. The van der Waals surface area contributed by atoms with Crippen molar-refractivity contribution in [2.45, 2.75) is 25.8 Å². The Hall–Kier alpha value is -1.59. The molecule has 3 rings (SSSR count). The van der Waals surface area contributed by atoms with E-state index < -0.39 is 0 Å². The Bertz CT molecular complexity index is 517. The van der Waals surface area contributed by atoms with Gasteiger partial charge in [-0.25, -0.2) is 0 Å². The number of nitrogens with zero attached hydrogens (tertiary/aromatic N) is 2. The van der Waals surface area contributed by atoms with Crippen LogP contribution in [0.2, 0.25) is 0 Å². The van der Waals surface area contributed by atoms with Crippen LogP contribution in [-0.4, -0.2) is 47.9 Å². The lowest BCUT2D eigenvalue weighted by molar-refractivity contribution is 0.0572. The second-order valence-electron chi connectivity index (χ2n) is 5.78. The Balaban J connectivity index is 1.80. The van der Waals surface area contributed by atoms with Crippen molar-refractivity contribution in [3.63, 3.8) is 0 Å². The first-order chi connectivity index (χ1) is 9.69. The van der Waals surface area contributed by atoms with Crippen LogP contribution in [0, 0.1) is 6.92 Å². The fourth-order valence-electron chi connectivity index (χ4n) is 3.31. The molecule has 2 heterocycles. The Morgan fingerprint density at radius 1 is 1.35 bits per heavy atom. The van der Waals surface area contributed by atoms with Gasteiger partial charge in [0.25, 0.3) is 5.91 Å². The van der Waals surface area contributed by atoms with Gasteiger partial charge in [-0.05, 0) is 38.4 Å². The van der Waals surface area contributed by atoms with Gasteiger partial charge >= 0.3 is 0 Å². The van der Waals surface area contributed by atoms with Crippen LogP contribution < -0.4 is 11.3 Å². The fraction of sp³-hybridized carbons (Fsp3) is 0.533. The van der Waals surface area contributed by atoms with Crippen molar-refractivity contribution in [3.8, 4) is 0 Å². The maximum atomic E-state index is 12.7. The molecule has 0 spiro atoms. The Morgan fingerprint density at radius 3 is 3.00 bits per heavy atom. The highest BCUT2D eigenvalue weighted by atomic mass is 16.2. The van der Waals surface area contributed by atoms with Gasteiger partial charge in [-0.3, -0.25) is 15.5 Å². The zero-order chi connectivity index (χ0) is 14.1. The van der Waals surface area contributed by atoms with Crippen LogP contribution in [0.5, 0.6) is 0 Å². The number of benzene rings is 1. The van der Waals surface area contributed by atoms with Gasteiger partial charge in [-0.15, -0.1) is 0 Å². The van der Waals surface area contributed by atoms with E-state index in [9.17, 15) is 4.79 Å². The number of hydrogen-bond acceptors (Lipinski definition) is 4. The van der Waals surface area contributed by atoms with E-state index in [1.165, 1.54) is 19.4 Å². The average molecular weight is 274 g/mol. The molecule has 2 aliphatic heterocycles. The zero-order valence-corrected chi connectivity index (χ0v) is 11.9. The maximum Gasteiger partial charge on any atom is 0.256 e. The van der Waals surface area contributed by atoms with E-state index in [0.717, 1.165) is 25.2 Å². The SMILES string of the molecule is Cc1ccc(NN)c(C(=O)N2CCN3CCCC3C2)c1. The zero-order valence-electron chi connectivity index (χ0n) is 11.9. The van der Waals surface area contributed by atoms with Crippen molar-refractivity contribution in [1.82, 2.24) is 9.80 Å². The summed E-state index contributed by atoms with van der Waals surface area (Å²) in [5.41, 5.74) is 5.09. The number of hydrazine groups is 1. The molecule has 0 aromatic heterocycles. The number of carbonyl (C=O) groups is 1. The summed E-state index contributed by atoms with van der Waals surface area (Å²) in [6, 6.07) is 6.29. The molecule has 108 valence electrons. The Kier molecular flexibility index (Phi) is 3.63. The summed E-state index contributed by atoms with van der Waals surface area (Å²) >= 11 is 0. The van der Waals surface area contributed by atoms with Gasteiger partial charge < -0.3 is 10.3 Å². The minimum absolute atomic E-state index is 0.0909. The highest BCUT2D eigenvalue weighted by Crippen LogP contribution is 2.24. The third-order valence-electron chi connectivity index (χ3n) is 4.44. The monoisotopic (exact) mass is 274 g/mol. The number of carbonyl (C=O) groups excluding carboxylic acids is 1. The third-order valence-corrected chi connectivity index (χ3v) is 4.44. The molecule has 1 aromatic rings.